The number of para-hydroxylation sites is 1. The van der Waals surface area contributed by atoms with Gasteiger partial charge in [-0.3, -0.25) is 9.52 Å². The van der Waals surface area contributed by atoms with Gasteiger partial charge < -0.3 is 9.47 Å². The quantitative estimate of drug-likeness (QED) is 0.665. The number of rotatable bonds is 5. The van der Waals surface area contributed by atoms with Gasteiger partial charge in [-0.2, -0.15) is 0 Å². The Morgan fingerprint density at radius 3 is 2.58 bits per heavy atom. The van der Waals surface area contributed by atoms with E-state index >= 15 is 0 Å². The summed E-state index contributed by atoms with van der Waals surface area (Å²) in [6.07, 6.45) is 4.17. The number of sulfonamides is 1. The summed E-state index contributed by atoms with van der Waals surface area (Å²) >= 11 is 0. The van der Waals surface area contributed by atoms with Gasteiger partial charge in [0.2, 0.25) is 16.8 Å². The molecule has 1 aliphatic heterocycles. The lowest BCUT2D eigenvalue weighted by Crippen LogP contribution is -2.09. The average molecular weight is 345 g/mol. The van der Waals surface area contributed by atoms with Gasteiger partial charge in [0.1, 0.15) is 0 Å². The third-order valence-electron chi connectivity index (χ3n) is 3.31. The molecule has 7 heteroatoms. The Kier molecular flexibility index (Phi) is 4.26. The Bertz CT molecular complexity index is 901. The highest BCUT2D eigenvalue weighted by atomic mass is 32.2. The maximum Gasteiger partial charge on any atom is 0.231 e. The van der Waals surface area contributed by atoms with Gasteiger partial charge in [-0.25, -0.2) is 8.42 Å². The minimum absolute atomic E-state index is 0.170. The van der Waals surface area contributed by atoms with E-state index in [2.05, 4.69) is 4.72 Å². The van der Waals surface area contributed by atoms with Crippen LogP contribution in [0.25, 0.3) is 6.08 Å². The van der Waals surface area contributed by atoms with Gasteiger partial charge in [0, 0.05) is 16.8 Å². The van der Waals surface area contributed by atoms with Crippen molar-refractivity contribution in [2.75, 3.05) is 17.8 Å². The molecule has 6 nitrogen and oxygen atoms in total. The molecule has 0 saturated carbocycles. The Labute approximate surface area is 139 Å². The standard InChI is InChI=1S/C17H15NO5S/c1-24(20,21)18-14-8-5-12(6-9-14)15(19)10-7-13-3-2-4-16-17(13)23-11-22-16/h2-10,18H,11H2,1H3. The molecule has 0 radical (unpaired) electrons. The number of ketones is 1. The zero-order chi connectivity index (χ0) is 17.2. The van der Waals surface area contributed by atoms with Crippen molar-refractivity contribution >= 4 is 27.6 Å². The number of carbonyl (C=O) groups is 1. The lowest BCUT2D eigenvalue weighted by Gasteiger charge is -2.04. The van der Waals surface area contributed by atoms with E-state index in [4.69, 9.17) is 9.47 Å². The van der Waals surface area contributed by atoms with E-state index in [-0.39, 0.29) is 12.6 Å². The molecule has 0 atom stereocenters. The molecule has 0 fully saturated rings. The second-order valence-electron chi connectivity index (χ2n) is 5.23. The van der Waals surface area contributed by atoms with Gasteiger partial charge in [-0.1, -0.05) is 12.1 Å². The van der Waals surface area contributed by atoms with Gasteiger partial charge in [0.25, 0.3) is 0 Å². The molecule has 2 aromatic rings. The van der Waals surface area contributed by atoms with Crippen LogP contribution in [0.4, 0.5) is 5.69 Å². The van der Waals surface area contributed by atoms with Crippen LogP contribution < -0.4 is 14.2 Å². The zero-order valence-corrected chi connectivity index (χ0v) is 13.7. The number of benzene rings is 2. The number of fused-ring (bicyclic) bond motifs is 1. The molecule has 1 N–H and O–H groups in total. The zero-order valence-electron chi connectivity index (χ0n) is 12.9. The van der Waals surface area contributed by atoms with Crippen molar-refractivity contribution in [1.29, 1.82) is 0 Å². The molecule has 0 unspecified atom stereocenters. The van der Waals surface area contributed by atoms with Crippen molar-refractivity contribution in [2.45, 2.75) is 0 Å². The molecule has 0 saturated heterocycles. The Balaban J connectivity index is 1.74. The van der Waals surface area contributed by atoms with Crippen LogP contribution in [0.15, 0.2) is 48.5 Å². The fourth-order valence-electron chi connectivity index (χ4n) is 2.26. The van der Waals surface area contributed by atoms with E-state index < -0.39 is 10.0 Å². The summed E-state index contributed by atoms with van der Waals surface area (Å²) in [5.74, 6) is 1.08. The molecular formula is C17H15NO5S. The summed E-state index contributed by atoms with van der Waals surface area (Å²) in [5.41, 5.74) is 1.62. The molecule has 0 aliphatic carbocycles. The molecule has 124 valence electrons. The van der Waals surface area contributed by atoms with Crippen LogP contribution in [0.2, 0.25) is 0 Å². The fourth-order valence-corrected chi connectivity index (χ4v) is 2.83. The first-order valence-corrected chi connectivity index (χ1v) is 9.00. The molecule has 0 spiro atoms. The van der Waals surface area contributed by atoms with E-state index in [1.165, 1.54) is 6.08 Å². The van der Waals surface area contributed by atoms with Crippen molar-refractivity contribution in [3.63, 3.8) is 0 Å². The number of nitrogens with one attached hydrogen (secondary N) is 1. The summed E-state index contributed by atoms with van der Waals surface area (Å²) < 4.78 is 35.3. The highest BCUT2D eigenvalue weighted by molar-refractivity contribution is 7.92. The van der Waals surface area contributed by atoms with Crippen LogP contribution in [0.5, 0.6) is 11.5 Å². The van der Waals surface area contributed by atoms with Crippen molar-refractivity contribution in [1.82, 2.24) is 0 Å². The number of carbonyl (C=O) groups excluding carboxylic acids is 1. The molecule has 1 aliphatic rings. The van der Waals surface area contributed by atoms with Crippen molar-refractivity contribution in [2.24, 2.45) is 0 Å². The Hall–Kier alpha value is -2.80. The van der Waals surface area contributed by atoms with Crippen molar-refractivity contribution in [3.05, 3.63) is 59.7 Å². The van der Waals surface area contributed by atoms with Crippen LogP contribution in [-0.4, -0.2) is 27.2 Å². The smallest absolute Gasteiger partial charge is 0.231 e. The Morgan fingerprint density at radius 1 is 1.12 bits per heavy atom. The molecule has 24 heavy (non-hydrogen) atoms. The van der Waals surface area contributed by atoms with Crippen LogP contribution >= 0.6 is 0 Å². The van der Waals surface area contributed by atoms with Gasteiger partial charge in [0.15, 0.2) is 17.3 Å². The first-order chi connectivity index (χ1) is 11.4. The van der Waals surface area contributed by atoms with Gasteiger partial charge in [-0.05, 0) is 42.5 Å². The second kappa shape index (κ2) is 6.37. The maximum atomic E-state index is 12.2. The van der Waals surface area contributed by atoms with E-state index in [0.29, 0.717) is 22.7 Å². The highest BCUT2D eigenvalue weighted by Crippen LogP contribution is 2.35. The monoisotopic (exact) mass is 345 g/mol. The lowest BCUT2D eigenvalue weighted by molar-refractivity contribution is 0.104. The third kappa shape index (κ3) is 3.75. The van der Waals surface area contributed by atoms with Crippen LogP contribution in [-0.2, 0) is 10.0 Å². The van der Waals surface area contributed by atoms with Crippen molar-refractivity contribution < 1.29 is 22.7 Å². The number of hydrogen-bond donors (Lipinski definition) is 1. The molecular weight excluding hydrogens is 330 g/mol. The molecule has 3 rings (SSSR count). The van der Waals surface area contributed by atoms with Crippen LogP contribution in [0.3, 0.4) is 0 Å². The predicted molar refractivity (Wildman–Crippen MR) is 90.8 cm³/mol. The third-order valence-corrected chi connectivity index (χ3v) is 3.92. The summed E-state index contributed by atoms with van der Waals surface area (Å²) in [7, 11) is -3.34. The van der Waals surface area contributed by atoms with Crippen LogP contribution in [0, 0.1) is 0 Å². The van der Waals surface area contributed by atoms with Gasteiger partial charge >= 0.3 is 0 Å². The highest BCUT2D eigenvalue weighted by Gasteiger charge is 2.15. The summed E-state index contributed by atoms with van der Waals surface area (Å²) in [4.78, 5) is 12.2. The topological polar surface area (TPSA) is 81.7 Å². The van der Waals surface area contributed by atoms with Gasteiger partial charge in [-0.15, -0.1) is 0 Å². The first-order valence-electron chi connectivity index (χ1n) is 7.11. The average Bonchev–Trinajstić information content (AvgIpc) is 3.01. The van der Waals surface area contributed by atoms with E-state index in [0.717, 1.165) is 11.8 Å². The minimum atomic E-state index is -3.34. The number of hydrogen-bond acceptors (Lipinski definition) is 5. The largest absolute Gasteiger partial charge is 0.454 e. The van der Waals surface area contributed by atoms with Crippen LogP contribution in [0.1, 0.15) is 15.9 Å². The fraction of sp³-hybridized carbons (Fsp3) is 0.118. The molecule has 0 aromatic heterocycles. The summed E-state index contributed by atoms with van der Waals surface area (Å²) in [6, 6.07) is 11.7. The van der Waals surface area contributed by atoms with E-state index in [9.17, 15) is 13.2 Å². The van der Waals surface area contributed by atoms with Crippen molar-refractivity contribution in [3.8, 4) is 11.5 Å². The summed E-state index contributed by atoms with van der Waals surface area (Å²) in [6.45, 7) is 0.170. The SMILES string of the molecule is CS(=O)(=O)Nc1ccc(C(=O)C=Cc2cccc3c2OCO3)cc1. The van der Waals surface area contributed by atoms with E-state index in [1.54, 1.807) is 36.4 Å². The second-order valence-corrected chi connectivity index (χ2v) is 6.98. The number of ether oxygens (including phenoxy) is 2. The number of allylic oxidation sites excluding steroid dienone is 1. The minimum Gasteiger partial charge on any atom is -0.454 e. The maximum absolute atomic E-state index is 12.2. The summed E-state index contributed by atoms with van der Waals surface area (Å²) in [5, 5.41) is 0. The van der Waals surface area contributed by atoms with E-state index in [1.807, 2.05) is 12.1 Å². The molecule has 1 heterocycles. The Morgan fingerprint density at radius 2 is 1.88 bits per heavy atom. The molecule has 2 aromatic carbocycles. The number of anilines is 1. The molecule has 0 amide bonds. The molecule has 0 bridgehead atoms. The normalized spacial score (nSPS) is 13.2. The predicted octanol–water partition coefficient (Wildman–Crippen LogP) is 2.68. The van der Waals surface area contributed by atoms with Gasteiger partial charge in [0.05, 0.1) is 6.26 Å². The first kappa shape index (κ1) is 16.1. The lowest BCUT2D eigenvalue weighted by atomic mass is 10.1.